The number of hydrogen-bond acceptors (Lipinski definition) is 4. The first-order chi connectivity index (χ1) is 7.75. The van der Waals surface area contributed by atoms with E-state index in [-0.39, 0.29) is 0 Å². The van der Waals surface area contributed by atoms with Crippen molar-refractivity contribution in [1.82, 2.24) is 10.3 Å². The highest BCUT2D eigenvalue weighted by Crippen LogP contribution is 2.25. The summed E-state index contributed by atoms with van der Waals surface area (Å²) in [6.45, 7) is 5.41. The molecule has 1 N–H and O–H groups in total. The topological polar surface area (TPSA) is 24.9 Å². The van der Waals surface area contributed by atoms with Gasteiger partial charge in [-0.3, -0.25) is 0 Å². The zero-order valence-electron chi connectivity index (χ0n) is 10.0. The number of aryl methyl sites for hydroxylation is 1. The van der Waals surface area contributed by atoms with E-state index in [2.05, 4.69) is 41.3 Å². The van der Waals surface area contributed by atoms with E-state index in [1.54, 1.807) is 11.3 Å². The molecule has 1 aliphatic rings. The average molecular weight is 256 g/mol. The van der Waals surface area contributed by atoms with Gasteiger partial charge in [0.25, 0.3) is 0 Å². The molecule has 4 heteroatoms. The van der Waals surface area contributed by atoms with Gasteiger partial charge >= 0.3 is 0 Å². The molecular formula is C12H20N2S2. The summed E-state index contributed by atoms with van der Waals surface area (Å²) in [6.07, 6.45) is 4.19. The first-order valence-electron chi connectivity index (χ1n) is 6.02. The van der Waals surface area contributed by atoms with Crippen molar-refractivity contribution in [3.63, 3.8) is 0 Å². The van der Waals surface area contributed by atoms with Crippen molar-refractivity contribution in [2.24, 2.45) is 0 Å². The maximum absolute atomic E-state index is 4.52. The molecule has 0 saturated carbocycles. The van der Waals surface area contributed by atoms with Crippen molar-refractivity contribution in [2.75, 3.05) is 12.3 Å². The molecule has 16 heavy (non-hydrogen) atoms. The van der Waals surface area contributed by atoms with Gasteiger partial charge in [-0.2, -0.15) is 11.8 Å². The van der Waals surface area contributed by atoms with Crippen LogP contribution in [0.25, 0.3) is 0 Å². The molecule has 0 bridgehead atoms. The van der Waals surface area contributed by atoms with Crippen LogP contribution in [0.5, 0.6) is 0 Å². The Morgan fingerprint density at radius 1 is 1.56 bits per heavy atom. The highest BCUT2D eigenvalue weighted by atomic mass is 32.2. The second-order valence-electron chi connectivity index (χ2n) is 4.41. The van der Waals surface area contributed by atoms with E-state index >= 15 is 0 Å². The lowest BCUT2D eigenvalue weighted by Gasteiger charge is -2.23. The highest BCUT2D eigenvalue weighted by molar-refractivity contribution is 7.99. The molecule has 0 spiro atoms. The molecule has 1 fully saturated rings. The van der Waals surface area contributed by atoms with Gasteiger partial charge in [0.15, 0.2) is 0 Å². The molecule has 2 atom stereocenters. The first-order valence-corrected chi connectivity index (χ1v) is 7.95. The van der Waals surface area contributed by atoms with E-state index < -0.39 is 0 Å². The number of aromatic nitrogens is 1. The van der Waals surface area contributed by atoms with Crippen molar-refractivity contribution in [3.8, 4) is 0 Å². The lowest BCUT2D eigenvalue weighted by atomic mass is 10.2. The van der Waals surface area contributed by atoms with Crippen LogP contribution >= 0.6 is 23.1 Å². The van der Waals surface area contributed by atoms with Gasteiger partial charge in [0.2, 0.25) is 0 Å². The van der Waals surface area contributed by atoms with Gasteiger partial charge in [0, 0.05) is 23.2 Å². The number of thiazole rings is 1. The number of thioether (sulfide) groups is 1. The SMILES string of the molecule is Cc1nc(C(C)NCC2CCCCS2)cs1. The van der Waals surface area contributed by atoms with Gasteiger partial charge < -0.3 is 5.32 Å². The average Bonchev–Trinajstić information content (AvgIpc) is 2.74. The molecule has 2 heterocycles. The fourth-order valence-corrected chi connectivity index (χ4v) is 3.92. The van der Waals surface area contributed by atoms with Gasteiger partial charge in [-0.1, -0.05) is 6.42 Å². The molecular weight excluding hydrogens is 236 g/mol. The number of nitrogens with zero attached hydrogens (tertiary/aromatic N) is 1. The zero-order chi connectivity index (χ0) is 11.4. The summed E-state index contributed by atoms with van der Waals surface area (Å²) < 4.78 is 0. The van der Waals surface area contributed by atoms with E-state index in [4.69, 9.17) is 0 Å². The van der Waals surface area contributed by atoms with Crippen molar-refractivity contribution in [3.05, 3.63) is 16.1 Å². The maximum Gasteiger partial charge on any atom is 0.0898 e. The molecule has 2 nitrogen and oxygen atoms in total. The Morgan fingerprint density at radius 2 is 2.44 bits per heavy atom. The third-order valence-electron chi connectivity index (χ3n) is 3.01. The minimum absolute atomic E-state index is 0.396. The lowest BCUT2D eigenvalue weighted by Crippen LogP contribution is -2.29. The standard InChI is InChI=1S/C12H20N2S2/c1-9(12-8-16-10(2)14-12)13-7-11-5-3-4-6-15-11/h8-9,11,13H,3-7H2,1-2H3. The van der Waals surface area contributed by atoms with Crippen molar-refractivity contribution in [2.45, 2.75) is 44.4 Å². The molecule has 1 saturated heterocycles. The molecule has 0 radical (unpaired) electrons. The van der Waals surface area contributed by atoms with Crippen molar-refractivity contribution < 1.29 is 0 Å². The Balaban J connectivity index is 1.76. The molecule has 1 aromatic heterocycles. The van der Waals surface area contributed by atoms with Crippen LogP contribution in [0.2, 0.25) is 0 Å². The fourth-order valence-electron chi connectivity index (χ4n) is 1.96. The Morgan fingerprint density at radius 3 is 3.06 bits per heavy atom. The summed E-state index contributed by atoms with van der Waals surface area (Å²) in [6, 6.07) is 0.396. The normalized spacial score (nSPS) is 23.2. The Labute approximate surface area is 106 Å². The molecule has 1 aliphatic heterocycles. The molecule has 1 aromatic rings. The van der Waals surface area contributed by atoms with Gasteiger partial charge in [-0.15, -0.1) is 11.3 Å². The largest absolute Gasteiger partial charge is 0.308 e. The maximum atomic E-state index is 4.52. The van der Waals surface area contributed by atoms with Crippen LogP contribution in [0.4, 0.5) is 0 Å². The van der Waals surface area contributed by atoms with Crippen molar-refractivity contribution >= 4 is 23.1 Å². The van der Waals surface area contributed by atoms with E-state index in [1.165, 1.54) is 30.7 Å². The molecule has 2 rings (SSSR count). The number of rotatable bonds is 4. The summed E-state index contributed by atoms with van der Waals surface area (Å²) in [4.78, 5) is 4.52. The van der Waals surface area contributed by atoms with Crippen LogP contribution in [0, 0.1) is 6.92 Å². The second-order valence-corrected chi connectivity index (χ2v) is 6.88. The smallest absolute Gasteiger partial charge is 0.0898 e. The number of hydrogen-bond donors (Lipinski definition) is 1. The van der Waals surface area contributed by atoms with E-state index in [9.17, 15) is 0 Å². The molecule has 90 valence electrons. The minimum atomic E-state index is 0.396. The zero-order valence-corrected chi connectivity index (χ0v) is 11.7. The third kappa shape index (κ3) is 3.47. The first kappa shape index (κ1) is 12.4. The van der Waals surface area contributed by atoms with Crippen LogP contribution in [0.15, 0.2) is 5.38 Å². The van der Waals surface area contributed by atoms with E-state index in [0.29, 0.717) is 6.04 Å². The summed E-state index contributed by atoms with van der Waals surface area (Å²) in [5, 5.41) is 7.75. The summed E-state index contributed by atoms with van der Waals surface area (Å²) in [5.74, 6) is 1.34. The van der Waals surface area contributed by atoms with Gasteiger partial charge in [0.1, 0.15) is 0 Å². The molecule has 0 amide bonds. The van der Waals surface area contributed by atoms with Crippen LogP contribution in [0.1, 0.15) is 42.9 Å². The monoisotopic (exact) mass is 256 g/mol. The van der Waals surface area contributed by atoms with Crippen LogP contribution in [-0.2, 0) is 0 Å². The highest BCUT2D eigenvalue weighted by Gasteiger charge is 2.15. The van der Waals surface area contributed by atoms with Crippen LogP contribution in [-0.4, -0.2) is 22.5 Å². The summed E-state index contributed by atoms with van der Waals surface area (Å²) >= 11 is 3.86. The predicted octanol–water partition coefficient (Wildman–Crippen LogP) is 3.39. The van der Waals surface area contributed by atoms with Gasteiger partial charge in [-0.05, 0) is 32.4 Å². The Kier molecular flexibility index (Phi) is 4.67. The predicted molar refractivity (Wildman–Crippen MR) is 73.4 cm³/mol. The van der Waals surface area contributed by atoms with E-state index in [0.717, 1.165) is 16.8 Å². The Bertz CT molecular complexity index is 319. The quantitative estimate of drug-likeness (QED) is 0.894. The Hall–Kier alpha value is -0.0600. The lowest BCUT2D eigenvalue weighted by molar-refractivity contribution is 0.531. The van der Waals surface area contributed by atoms with Gasteiger partial charge in [-0.25, -0.2) is 4.98 Å². The van der Waals surface area contributed by atoms with Crippen LogP contribution < -0.4 is 5.32 Å². The number of nitrogens with one attached hydrogen (secondary N) is 1. The van der Waals surface area contributed by atoms with Gasteiger partial charge in [0.05, 0.1) is 10.7 Å². The molecule has 0 aromatic carbocycles. The van der Waals surface area contributed by atoms with Crippen LogP contribution in [0.3, 0.4) is 0 Å². The van der Waals surface area contributed by atoms with Crippen molar-refractivity contribution in [1.29, 1.82) is 0 Å². The molecule has 2 unspecified atom stereocenters. The fraction of sp³-hybridized carbons (Fsp3) is 0.750. The second kappa shape index (κ2) is 6.03. The summed E-state index contributed by atoms with van der Waals surface area (Å²) in [7, 11) is 0. The third-order valence-corrected chi connectivity index (χ3v) is 5.20. The minimum Gasteiger partial charge on any atom is -0.308 e. The van der Waals surface area contributed by atoms with E-state index in [1.807, 2.05) is 0 Å². The molecule has 0 aliphatic carbocycles. The summed E-state index contributed by atoms with van der Waals surface area (Å²) in [5.41, 5.74) is 1.20.